The van der Waals surface area contributed by atoms with Crippen LogP contribution in [0.3, 0.4) is 0 Å². The van der Waals surface area contributed by atoms with E-state index < -0.39 is 0 Å². The van der Waals surface area contributed by atoms with Crippen molar-refractivity contribution in [2.24, 2.45) is 9.98 Å². The fraction of sp³-hybridized carbons (Fsp3) is 0.276. The average molecular weight is 505 g/mol. The van der Waals surface area contributed by atoms with Crippen molar-refractivity contribution in [1.29, 1.82) is 0 Å². The number of amides is 1. The summed E-state index contributed by atoms with van der Waals surface area (Å²) >= 11 is 0. The molecule has 2 aromatic carbocycles. The number of rotatable bonds is 13. The fourth-order valence-corrected chi connectivity index (χ4v) is 3.49. The van der Waals surface area contributed by atoms with Crippen molar-refractivity contribution in [1.82, 2.24) is 11.0 Å². The zero-order valence-corrected chi connectivity index (χ0v) is 21.2. The maximum absolute atomic E-state index is 13.2. The number of allylic oxidation sites excluding steroid dienone is 4. The third kappa shape index (κ3) is 9.69. The van der Waals surface area contributed by atoms with Crippen LogP contribution in [0.4, 0.5) is 15.8 Å². The van der Waals surface area contributed by atoms with E-state index >= 15 is 0 Å². The third-order valence-electron chi connectivity index (χ3n) is 5.52. The molecule has 0 fully saturated rings. The summed E-state index contributed by atoms with van der Waals surface area (Å²) < 4.78 is 13.2. The van der Waals surface area contributed by atoms with E-state index in [2.05, 4.69) is 37.9 Å². The van der Waals surface area contributed by atoms with Crippen molar-refractivity contribution in [3.63, 3.8) is 0 Å². The molecule has 1 aliphatic rings. The standard InChI is InChI=1S/C29H33FN4O3/c1-22(24-10-6-3-4-7-11-24)33-29(35)25-14-17-27(32-21-23-12-15-26(30)16-13-23)28(20-25)31-18-8-5-9-19-37-34-36-2/h3,6-7,10-18,20-22,34H,4-5,8-9,19H2,1-2H3,(H,33,35)/b31-18+,32-21+. The third-order valence-corrected chi connectivity index (χ3v) is 5.52. The van der Waals surface area contributed by atoms with Crippen LogP contribution in [-0.4, -0.2) is 38.1 Å². The Bertz CT molecular complexity index is 1170. The molecular formula is C29H33FN4O3. The summed E-state index contributed by atoms with van der Waals surface area (Å²) in [5.41, 5.74) is 5.81. The van der Waals surface area contributed by atoms with Crippen LogP contribution in [0.15, 0.2) is 88.4 Å². The van der Waals surface area contributed by atoms with Gasteiger partial charge in [0.25, 0.3) is 5.91 Å². The van der Waals surface area contributed by atoms with Gasteiger partial charge in [-0.15, -0.1) is 0 Å². The number of carbonyl (C=O) groups excluding carboxylic acids is 1. The van der Waals surface area contributed by atoms with Crippen molar-refractivity contribution in [3.05, 3.63) is 95.4 Å². The van der Waals surface area contributed by atoms with E-state index in [0.717, 1.165) is 36.8 Å². The highest BCUT2D eigenvalue weighted by Crippen LogP contribution is 2.29. The van der Waals surface area contributed by atoms with Gasteiger partial charge in [-0.25, -0.2) is 4.39 Å². The van der Waals surface area contributed by atoms with Crippen molar-refractivity contribution in [2.45, 2.75) is 38.6 Å². The van der Waals surface area contributed by atoms with Crippen LogP contribution in [0.5, 0.6) is 0 Å². The maximum Gasteiger partial charge on any atom is 0.251 e. The number of unbranched alkanes of at least 4 members (excludes halogenated alkanes) is 2. The monoisotopic (exact) mass is 504 g/mol. The van der Waals surface area contributed by atoms with Crippen LogP contribution < -0.4 is 11.0 Å². The van der Waals surface area contributed by atoms with E-state index in [9.17, 15) is 9.18 Å². The van der Waals surface area contributed by atoms with Gasteiger partial charge < -0.3 is 5.32 Å². The van der Waals surface area contributed by atoms with Crippen molar-refractivity contribution in [2.75, 3.05) is 13.7 Å². The highest BCUT2D eigenvalue weighted by Gasteiger charge is 2.14. The summed E-state index contributed by atoms with van der Waals surface area (Å²) in [6.45, 7) is 2.48. The van der Waals surface area contributed by atoms with Crippen molar-refractivity contribution >= 4 is 29.7 Å². The molecule has 2 aromatic rings. The molecule has 3 rings (SSSR count). The van der Waals surface area contributed by atoms with Crippen molar-refractivity contribution in [3.8, 4) is 0 Å². The normalized spacial score (nSPS) is 14.2. The summed E-state index contributed by atoms with van der Waals surface area (Å²) in [6, 6.07) is 11.2. The van der Waals surface area contributed by atoms with Crippen LogP contribution in [-0.2, 0) is 9.68 Å². The summed E-state index contributed by atoms with van der Waals surface area (Å²) in [5.74, 6) is -0.495. The Kier molecular flexibility index (Phi) is 11.6. The Labute approximate surface area is 217 Å². The number of benzene rings is 2. The minimum absolute atomic E-state index is 0.149. The zero-order chi connectivity index (χ0) is 26.3. The van der Waals surface area contributed by atoms with E-state index in [-0.39, 0.29) is 17.8 Å². The predicted octanol–water partition coefficient (Wildman–Crippen LogP) is 6.09. The van der Waals surface area contributed by atoms with E-state index in [1.165, 1.54) is 19.2 Å². The van der Waals surface area contributed by atoms with Crippen LogP contribution in [0.25, 0.3) is 0 Å². The smallest absolute Gasteiger partial charge is 0.251 e. The van der Waals surface area contributed by atoms with E-state index in [0.29, 0.717) is 23.5 Å². The molecule has 1 amide bonds. The van der Waals surface area contributed by atoms with Gasteiger partial charge in [-0.3, -0.25) is 24.5 Å². The Morgan fingerprint density at radius 3 is 2.76 bits per heavy atom. The van der Waals surface area contributed by atoms with Gasteiger partial charge in [0.05, 0.1) is 31.1 Å². The van der Waals surface area contributed by atoms with Gasteiger partial charge >= 0.3 is 0 Å². The van der Waals surface area contributed by atoms with E-state index in [4.69, 9.17) is 4.84 Å². The number of nitrogens with one attached hydrogen (secondary N) is 2. The molecule has 1 aliphatic carbocycles. The lowest BCUT2D eigenvalue weighted by atomic mass is 10.1. The number of hydrogen-bond acceptors (Lipinski definition) is 6. The van der Waals surface area contributed by atoms with Gasteiger partial charge in [-0.05, 0) is 74.1 Å². The second-order valence-electron chi connectivity index (χ2n) is 8.38. The summed E-state index contributed by atoms with van der Waals surface area (Å²) in [6.07, 6.45) is 16.9. The first-order chi connectivity index (χ1) is 18.1. The molecule has 0 spiro atoms. The molecule has 1 unspecified atom stereocenters. The predicted molar refractivity (Wildman–Crippen MR) is 146 cm³/mol. The molecule has 0 aromatic heterocycles. The molecule has 1 atom stereocenters. The molecule has 2 N–H and O–H groups in total. The van der Waals surface area contributed by atoms with E-state index in [1.807, 2.05) is 31.4 Å². The molecule has 0 aliphatic heterocycles. The number of halogens is 1. The van der Waals surface area contributed by atoms with Crippen molar-refractivity contribution < 1.29 is 18.9 Å². The quantitative estimate of drug-likeness (QED) is 0.196. The molecule has 0 heterocycles. The number of nitrogens with zero attached hydrogens (tertiary/aromatic N) is 2. The molecule has 0 bridgehead atoms. The molecule has 0 radical (unpaired) electrons. The fourth-order valence-electron chi connectivity index (χ4n) is 3.49. The lowest BCUT2D eigenvalue weighted by Gasteiger charge is -2.15. The molecule has 8 heteroatoms. The zero-order valence-electron chi connectivity index (χ0n) is 21.2. The highest BCUT2D eigenvalue weighted by atomic mass is 19.1. The summed E-state index contributed by atoms with van der Waals surface area (Å²) in [7, 11) is 1.49. The molecule has 194 valence electrons. The Morgan fingerprint density at radius 1 is 1.11 bits per heavy atom. The maximum atomic E-state index is 13.2. The van der Waals surface area contributed by atoms with Gasteiger partial charge in [0.15, 0.2) is 0 Å². The van der Waals surface area contributed by atoms with E-state index in [1.54, 1.807) is 36.5 Å². The second kappa shape index (κ2) is 15.4. The molecule has 0 saturated carbocycles. The molecule has 7 nitrogen and oxygen atoms in total. The number of carbonyl (C=O) groups is 1. The molecule has 37 heavy (non-hydrogen) atoms. The first kappa shape index (κ1) is 27.9. The first-order valence-electron chi connectivity index (χ1n) is 12.3. The minimum atomic E-state index is -0.304. The van der Waals surface area contributed by atoms with Crippen LogP contribution in [0, 0.1) is 5.82 Å². The largest absolute Gasteiger partial charge is 0.346 e. The Balaban J connectivity index is 1.73. The number of aliphatic imine (C=N–C) groups is 2. The van der Waals surface area contributed by atoms with Crippen LogP contribution in [0.1, 0.15) is 48.5 Å². The molecule has 0 saturated heterocycles. The summed E-state index contributed by atoms with van der Waals surface area (Å²) in [5, 5.41) is 3.06. The SMILES string of the molecule is CONOCCCC/C=N/c1cc(C(=O)NC(C)C2=CC=CCC=C2)ccc1/N=C/c1ccc(F)cc1. The number of hydrogen-bond donors (Lipinski definition) is 2. The molecular weight excluding hydrogens is 471 g/mol. The second-order valence-corrected chi connectivity index (χ2v) is 8.38. The van der Waals surface area contributed by atoms with Gasteiger partial charge in [0.2, 0.25) is 0 Å². The minimum Gasteiger partial charge on any atom is -0.346 e. The Hall–Kier alpha value is -3.72. The van der Waals surface area contributed by atoms with Crippen LogP contribution in [0.2, 0.25) is 0 Å². The lowest BCUT2D eigenvalue weighted by molar-refractivity contribution is -0.151. The van der Waals surface area contributed by atoms with Gasteiger partial charge in [-0.2, -0.15) is 0 Å². The topological polar surface area (TPSA) is 84.3 Å². The lowest BCUT2D eigenvalue weighted by Crippen LogP contribution is -2.33. The summed E-state index contributed by atoms with van der Waals surface area (Å²) in [4.78, 5) is 31.8. The average Bonchev–Trinajstić information content (AvgIpc) is 3.20. The first-order valence-corrected chi connectivity index (χ1v) is 12.3. The van der Waals surface area contributed by atoms with Gasteiger partial charge in [0, 0.05) is 18.0 Å². The van der Waals surface area contributed by atoms with Crippen LogP contribution >= 0.6 is 0 Å². The van der Waals surface area contributed by atoms with Gasteiger partial charge in [-0.1, -0.05) is 48.2 Å². The highest BCUT2D eigenvalue weighted by molar-refractivity contribution is 5.97. The van der Waals surface area contributed by atoms with Gasteiger partial charge in [0.1, 0.15) is 5.82 Å². The Morgan fingerprint density at radius 2 is 1.95 bits per heavy atom.